The molecule has 5 nitrogen and oxygen atoms in total. The van der Waals surface area contributed by atoms with E-state index in [4.69, 9.17) is 0 Å². The third-order valence-electron chi connectivity index (χ3n) is 4.68. The summed E-state index contributed by atoms with van der Waals surface area (Å²) in [6.07, 6.45) is 3.51. The van der Waals surface area contributed by atoms with Gasteiger partial charge in [0.25, 0.3) is 5.91 Å². The highest BCUT2D eigenvalue weighted by molar-refractivity contribution is 6.10. The van der Waals surface area contributed by atoms with Crippen molar-refractivity contribution in [2.75, 3.05) is 11.9 Å². The van der Waals surface area contributed by atoms with Crippen LogP contribution < -0.4 is 10.6 Å². The lowest BCUT2D eigenvalue weighted by Crippen LogP contribution is -2.25. The van der Waals surface area contributed by atoms with Crippen LogP contribution in [0.4, 0.5) is 15.8 Å². The average molecular weight is 393 g/mol. The highest BCUT2D eigenvalue weighted by Gasteiger charge is 2.19. The number of nitrogens with zero attached hydrogens (tertiary/aromatic N) is 1. The van der Waals surface area contributed by atoms with E-state index < -0.39 is 11.7 Å². The Balaban J connectivity index is 2.13. The van der Waals surface area contributed by atoms with Gasteiger partial charge in [0.05, 0.1) is 22.3 Å². The molecule has 0 bridgehead atoms. The van der Waals surface area contributed by atoms with Gasteiger partial charge in [-0.25, -0.2) is 4.39 Å². The first-order valence-corrected chi connectivity index (χ1v) is 9.80. The molecular weight excluding hydrogens is 369 g/mol. The monoisotopic (exact) mass is 393 g/mol. The molecular formula is C23H24FN3O2. The molecule has 0 aliphatic carbocycles. The van der Waals surface area contributed by atoms with Gasteiger partial charge in [0.15, 0.2) is 5.78 Å². The molecule has 6 heteroatoms. The number of hydrogen-bond donors (Lipinski definition) is 2. The Bertz CT molecular complexity index is 1040. The summed E-state index contributed by atoms with van der Waals surface area (Å²) in [5.41, 5.74) is 2.03. The van der Waals surface area contributed by atoms with Crippen LogP contribution in [0.15, 0.2) is 48.7 Å². The fraction of sp³-hybridized carbons (Fsp3) is 0.261. The molecule has 0 spiro atoms. The second kappa shape index (κ2) is 9.28. The highest BCUT2D eigenvalue weighted by atomic mass is 19.1. The standard InChI is InChI=1S/C23H24FN3O2/c1-3-5-11-25-23(29)16-12-17-20(13-19(16)24)26-14-18(21(28)4-2)22(17)27-15-9-7-6-8-10-15/h6-10,12-14H,3-5,11H2,1-2H3,(H,25,29)(H,26,27). The van der Waals surface area contributed by atoms with Gasteiger partial charge in [-0.3, -0.25) is 14.6 Å². The molecule has 1 amide bonds. The molecule has 2 N–H and O–H groups in total. The molecule has 0 aliphatic heterocycles. The summed E-state index contributed by atoms with van der Waals surface area (Å²) >= 11 is 0. The number of pyridine rings is 1. The van der Waals surface area contributed by atoms with Gasteiger partial charge in [0, 0.05) is 36.3 Å². The summed E-state index contributed by atoms with van der Waals surface area (Å²) in [5.74, 6) is -1.20. The van der Waals surface area contributed by atoms with Gasteiger partial charge >= 0.3 is 0 Å². The Morgan fingerprint density at radius 3 is 2.52 bits per heavy atom. The minimum Gasteiger partial charge on any atom is -0.354 e. The fourth-order valence-corrected chi connectivity index (χ4v) is 3.06. The van der Waals surface area contributed by atoms with Gasteiger partial charge in [-0.1, -0.05) is 38.5 Å². The highest BCUT2D eigenvalue weighted by Crippen LogP contribution is 2.31. The van der Waals surface area contributed by atoms with E-state index in [1.54, 1.807) is 6.92 Å². The van der Waals surface area contributed by atoms with Crippen LogP contribution in [0, 0.1) is 5.82 Å². The maximum absolute atomic E-state index is 14.6. The molecule has 0 aliphatic rings. The average Bonchev–Trinajstić information content (AvgIpc) is 2.73. The number of carbonyl (C=O) groups is 2. The zero-order valence-corrected chi connectivity index (χ0v) is 16.6. The van der Waals surface area contributed by atoms with E-state index in [9.17, 15) is 14.0 Å². The number of halogens is 1. The largest absolute Gasteiger partial charge is 0.354 e. The van der Waals surface area contributed by atoms with Crippen LogP contribution >= 0.6 is 0 Å². The number of fused-ring (bicyclic) bond motifs is 1. The number of amides is 1. The Morgan fingerprint density at radius 1 is 1.07 bits per heavy atom. The van der Waals surface area contributed by atoms with Crippen LogP contribution in [0.3, 0.4) is 0 Å². The first-order chi connectivity index (χ1) is 14.0. The number of benzene rings is 2. The first-order valence-electron chi connectivity index (χ1n) is 9.80. The van der Waals surface area contributed by atoms with Crippen LogP contribution in [0.2, 0.25) is 0 Å². The molecule has 3 aromatic rings. The molecule has 150 valence electrons. The molecule has 0 radical (unpaired) electrons. The zero-order chi connectivity index (χ0) is 20.8. The van der Waals surface area contributed by atoms with E-state index in [1.807, 2.05) is 37.3 Å². The number of Topliss-reactive ketones (excluding diaryl/α,β-unsaturated/α-hetero) is 1. The van der Waals surface area contributed by atoms with Gasteiger partial charge < -0.3 is 10.6 Å². The fourth-order valence-electron chi connectivity index (χ4n) is 3.06. The summed E-state index contributed by atoms with van der Waals surface area (Å²) in [5, 5.41) is 6.51. The topological polar surface area (TPSA) is 71.1 Å². The number of aromatic nitrogens is 1. The predicted molar refractivity (Wildman–Crippen MR) is 113 cm³/mol. The molecule has 3 rings (SSSR count). The van der Waals surface area contributed by atoms with Crippen molar-refractivity contribution in [3.63, 3.8) is 0 Å². The molecule has 0 unspecified atom stereocenters. The van der Waals surface area contributed by atoms with Gasteiger partial charge in [0.1, 0.15) is 5.82 Å². The van der Waals surface area contributed by atoms with Crippen molar-refractivity contribution in [3.05, 3.63) is 65.6 Å². The summed E-state index contributed by atoms with van der Waals surface area (Å²) < 4.78 is 14.6. The molecule has 0 fully saturated rings. The summed E-state index contributed by atoms with van der Waals surface area (Å²) in [6, 6.07) is 12.1. The van der Waals surface area contributed by atoms with Crippen LogP contribution in [0.25, 0.3) is 10.9 Å². The van der Waals surface area contributed by atoms with Gasteiger partial charge in [0.2, 0.25) is 0 Å². The van der Waals surface area contributed by atoms with Crippen LogP contribution in [0.5, 0.6) is 0 Å². The van der Waals surface area contributed by atoms with E-state index in [1.165, 1.54) is 18.3 Å². The summed E-state index contributed by atoms with van der Waals surface area (Å²) in [7, 11) is 0. The van der Waals surface area contributed by atoms with Crippen molar-refractivity contribution < 1.29 is 14.0 Å². The number of carbonyl (C=O) groups excluding carboxylic acids is 2. The van der Waals surface area contributed by atoms with Crippen LogP contribution in [-0.2, 0) is 0 Å². The Morgan fingerprint density at radius 2 is 1.83 bits per heavy atom. The van der Waals surface area contributed by atoms with Gasteiger partial charge in [-0.15, -0.1) is 0 Å². The third-order valence-corrected chi connectivity index (χ3v) is 4.68. The van der Waals surface area contributed by atoms with E-state index >= 15 is 0 Å². The van der Waals surface area contributed by atoms with Crippen molar-refractivity contribution in [1.82, 2.24) is 10.3 Å². The minimum atomic E-state index is -0.640. The number of unbranched alkanes of at least 4 members (excludes halogenated alkanes) is 1. The quantitative estimate of drug-likeness (QED) is 0.406. The lowest BCUT2D eigenvalue weighted by atomic mass is 10.0. The van der Waals surface area contributed by atoms with Gasteiger partial charge in [-0.2, -0.15) is 0 Å². The SMILES string of the molecule is CCCCNC(=O)c1cc2c(Nc3ccccc3)c(C(=O)CC)cnc2cc1F. The Labute approximate surface area is 169 Å². The molecule has 0 saturated heterocycles. The van der Waals surface area contributed by atoms with Crippen molar-refractivity contribution in [2.45, 2.75) is 33.1 Å². The molecule has 0 atom stereocenters. The third kappa shape index (κ3) is 4.59. The van der Waals surface area contributed by atoms with Crippen molar-refractivity contribution in [3.8, 4) is 0 Å². The van der Waals surface area contributed by atoms with E-state index in [0.717, 1.165) is 18.5 Å². The van der Waals surface area contributed by atoms with Crippen LogP contribution in [-0.4, -0.2) is 23.2 Å². The number of rotatable bonds is 8. The predicted octanol–water partition coefficient (Wildman–Crippen LogP) is 5.24. The number of anilines is 2. The number of ketones is 1. The Kier molecular flexibility index (Phi) is 6.54. The van der Waals surface area contributed by atoms with Gasteiger partial charge in [-0.05, 0) is 24.6 Å². The minimum absolute atomic E-state index is 0.0624. The Hall–Kier alpha value is -3.28. The van der Waals surface area contributed by atoms with E-state index in [2.05, 4.69) is 15.6 Å². The lowest BCUT2D eigenvalue weighted by Gasteiger charge is -2.15. The van der Waals surface area contributed by atoms with Crippen molar-refractivity contribution >= 4 is 34.0 Å². The number of hydrogen-bond acceptors (Lipinski definition) is 4. The summed E-state index contributed by atoms with van der Waals surface area (Å²) in [4.78, 5) is 29.2. The second-order valence-electron chi connectivity index (χ2n) is 6.77. The number of para-hydroxylation sites is 1. The zero-order valence-electron chi connectivity index (χ0n) is 16.6. The van der Waals surface area contributed by atoms with Crippen LogP contribution in [0.1, 0.15) is 53.8 Å². The molecule has 1 aromatic heterocycles. The second-order valence-corrected chi connectivity index (χ2v) is 6.77. The normalized spacial score (nSPS) is 10.7. The van der Waals surface area contributed by atoms with E-state index in [0.29, 0.717) is 35.1 Å². The maximum Gasteiger partial charge on any atom is 0.254 e. The molecule has 0 saturated carbocycles. The lowest BCUT2D eigenvalue weighted by molar-refractivity contribution is 0.0948. The molecule has 2 aromatic carbocycles. The van der Waals surface area contributed by atoms with E-state index in [-0.39, 0.29) is 11.3 Å². The molecule has 1 heterocycles. The maximum atomic E-state index is 14.6. The van der Waals surface area contributed by atoms with Crippen molar-refractivity contribution in [2.24, 2.45) is 0 Å². The smallest absolute Gasteiger partial charge is 0.254 e. The first kappa shape index (κ1) is 20.5. The summed E-state index contributed by atoms with van der Waals surface area (Å²) in [6.45, 7) is 4.27. The number of nitrogens with one attached hydrogen (secondary N) is 2. The van der Waals surface area contributed by atoms with Crippen molar-refractivity contribution in [1.29, 1.82) is 0 Å². The molecule has 29 heavy (non-hydrogen) atoms.